The van der Waals surface area contributed by atoms with Crippen molar-refractivity contribution in [3.05, 3.63) is 60.2 Å². The summed E-state index contributed by atoms with van der Waals surface area (Å²) in [6, 6.07) is 16.1. The van der Waals surface area contributed by atoms with Gasteiger partial charge in [-0.1, -0.05) is 51.1 Å². The molecular weight excluding hydrogens is 334 g/mol. The van der Waals surface area contributed by atoms with Crippen LogP contribution in [-0.2, 0) is 20.0 Å². The van der Waals surface area contributed by atoms with Crippen LogP contribution >= 0.6 is 0 Å². The zero-order valence-corrected chi connectivity index (χ0v) is 16.0. The van der Waals surface area contributed by atoms with E-state index >= 15 is 0 Å². The molecule has 0 aromatic heterocycles. The summed E-state index contributed by atoms with van der Waals surface area (Å²) in [5.41, 5.74) is 1.79. The van der Waals surface area contributed by atoms with E-state index in [-0.39, 0.29) is 28.4 Å². The summed E-state index contributed by atoms with van der Waals surface area (Å²) in [5, 5.41) is 0. The van der Waals surface area contributed by atoms with Crippen LogP contribution in [0.1, 0.15) is 32.8 Å². The highest BCUT2D eigenvalue weighted by molar-refractivity contribution is 7.91. The van der Waals surface area contributed by atoms with E-state index < -0.39 is 9.84 Å². The Morgan fingerprint density at radius 1 is 0.960 bits per heavy atom. The minimum absolute atomic E-state index is 0.0311. The molecule has 0 saturated carbocycles. The molecule has 1 amide bonds. The summed E-state index contributed by atoms with van der Waals surface area (Å²) in [5.74, 6) is -0.418. The maximum absolute atomic E-state index is 12.5. The second kappa shape index (κ2) is 7.40. The average molecular weight is 359 g/mol. The summed E-state index contributed by atoms with van der Waals surface area (Å²) >= 11 is 0. The number of anilines is 1. The van der Waals surface area contributed by atoms with Gasteiger partial charge in [-0.25, -0.2) is 8.42 Å². The summed E-state index contributed by atoms with van der Waals surface area (Å²) < 4.78 is 25.0. The Morgan fingerprint density at radius 2 is 1.52 bits per heavy atom. The van der Waals surface area contributed by atoms with Gasteiger partial charge in [0.2, 0.25) is 5.91 Å². The number of rotatable bonds is 5. The van der Waals surface area contributed by atoms with Gasteiger partial charge in [-0.05, 0) is 35.2 Å². The first-order valence-corrected chi connectivity index (χ1v) is 9.91. The fourth-order valence-electron chi connectivity index (χ4n) is 2.47. The maximum atomic E-state index is 12.5. The zero-order chi connectivity index (χ0) is 18.7. The molecule has 25 heavy (non-hydrogen) atoms. The Labute approximate surface area is 150 Å². The molecular formula is C20H25NO3S. The van der Waals surface area contributed by atoms with Crippen molar-refractivity contribution in [2.24, 2.45) is 0 Å². The lowest BCUT2D eigenvalue weighted by molar-refractivity contribution is -0.117. The zero-order valence-electron chi connectivity index (χ0n) is 15.2. The van der Waals surface area contributed by atoms with Crippen LogP contribution in [0.15, 0.2) is 59.5 Å². The Balaban J connectivity index is 2.05. The van der Waals surface area contributed by atoms with Crippen LogP contribution in [0, 0.1) is 0 Å². The number of para-hydroxylation sites is 1. The first-order valence-electron chi connectivity index (χ1n) is 8.26. The molecule has 0 aliphatic carbocycles. The molecule has 0 aliphatic rings. The number of hydrogen-bond donors (Lipinski definition) is 0. The van der Waals surface area contributed by atoms with E-state index in [2.05, 4.69) is 20.8 Å². The minimum atomic E-state index is -3.48. The number of sulfone groups is 1. The topological polar surface area (TPSA) is 54.5 Å². The van der Waals surface area contributed by atoms with Crippen LogP contribution in [0.2, 0.25) is 0 Å². The molecule has 0 saturated heterocycles. The van der Waals surface area contributed by atoms with Gasteiger partial charge in [-0.15, -0.1) is 0 Å². The fourth-order valence-corrected chi connectivity index (χ4v) is 3.69. The molecule has 0 unspecified atom stereocenters. The van der Waals surface area contributed by atoms with E-state index in [1.54, 1.807) is 19.2 Å². The van der Waals surface area contributed by atoms with Crippen molar-refractivity contribution in [1.82, 2.24) is 0 Å². The van der Waals surface area contributed by atoms with Crippen molar-refractivity contribution in [1.29, 1.82) is 0 Å². The van der Waals surface area contributed by atoms with Gasteiger partial charge in [0.05, 0.1) is 10.6 Å². The van der Waals surface area contributed by atoms with E-state index in [1.165, 1.54) is 4.90 Å². The first kappa shape index (κ1) is 19.2. The third kappa shape index (κ3) is 4.92. The normalized spacial score (nSPS) is 12.0. The summed E-state index contributed by atoms with van der Waals surface area (Å²) in [4.78, 5) is 14.0. The van der Waals surface area contributed by atoms with Gasteiger partial charge in [0.1, 0.15) is 0 Å². The van der Waals surface area contributed by atoms with E-state index in [0.29, 0.717) is 0 Å². The van der Waals surface area contributed by atoms with Gasteiger partial charge in [0, 0.05) is 19.2 Å². The molecule has 0 N–H and O–H groups in total. The molecule has 134 valence electrons. The van der Waals surface area contributed by atoms with Crippen LogP contribution in [0.4, 0.5) is 5.69 Å². The lowest BCUT2D eigenvalue weighted by Crippen LogP contribution is -2.28. The molecule has 4 nitrogen and oxygen atoms in total. The lowest BCUT2D eigenvalue weighted by atomic mass is 9.87. The van der Waals surface area contributed by atoms with Crippen molar-refractivity contribution >= 4 is 21.4 Å². The molecule has 0 atom stereocenters. The highest BCUT2D eigenvalue weighted by Gasteiger charge is 2.20. The van der Waals surface area contributed by atoms with Crippen molar-refractivity contribution in [2.75, 3.05) is 17.7 Å². The molecule has 2 aromatic rings. The number of amides is 1. The number of hydrogen-bond acceptors (Lipinski definition) is 3. The Bertz CT molecular complexity index is 819. The Hall–Kier alpha value is -2.14. The molecule has 2 rings (SSSR count). The summed E-state index contributed by atoms with van der Waals surface area (Å²) in [6.45, 7) is 6.23. The minimum Gasteiger partial charge on any atom is -0.315 e. The monoisotopic (exact) mass is 359 g/mol. The molecule has 0 heterocycles. The highest BCUT2D eigenvalue weighted by Crippen LogP contribution is 2.24. The lowest BCUT2D eigenvalue weighted by Gasteiger charge is -2.19. The number of carbonyl (C=O) groups excluding carboxylic acids is 1. The van der Waals surface area contributed by atoms with E-state index in [4.69, 9.17) is 0 Å². The second-order valence-corrected chi connectivity index (χ2v) is 9.24. The maximum Gasteiger partial charge on any atom is 0.227 e. The van der Waals surface area contributed by atoms with E-state index in [1.807, 2.05) is 42.5 Å². The van der Waals surface area contributed by atoms with Gasteiger partial charge in [0.15, 0.2) is 9.84 Å². The predicted octanol–water partition coefficient (Wildman–Crippen LogP) is 3.81. The highest BCUT2D eigenvalue weighted by atomic mass is 32.2. The van der Waals surface area contributed by atoms with Crippen molar-refractivity contribution < 1.29 is 13.2 Å². The van der Waals surface area contributed by atoms with Crippen LogP contribution in [0.25, 0.3) is 0 Å². The molecule has 0 fully saturated rings. The summed E-state index contributed by atoms with van der Waals surface area (Å²) in [6.07, 6.45) is -0.0469. The van der Waals surface area contributed by atoms with Gasteiger partial charge in [0.25, 0.3) is 0 Å². The van der Waals surface area contributed by atoms with Crippen molar-refractivity contribution in [2.45, 2.75) is 37.5 Å². The smallest absolute Gasteiger partial charge is 0.227 e. The standard InChI is InChI=1S/C20H25NO3S/c1-20(2,3)16-10-12-18(13-11-16)25(23,24)15-14-19(22)21(4)17-8-6-5-7-9-17/h5-13H,14-15H2,1-4H3. The molecule has 0 bridgehead atoms. The number of carbonyl (C=O) groups is 1. The molecule has 2 aromatic carbocycles. The average Bonchev–Trinajstić information content (AvgIpc) is 2.59. The third-order valence-electron chi connectivity index (χ3n) is 4.18. The number of benzene rings is 2. The van der Waals surface area contributed by atoms with Gasteiger partial charge in [-0.2, -0.15) is 0 Å². The largest absolute Gasteiger partial charge is 0.315 e. The number of nitrogens with zero attached hydrogens (tertiary/aromatic N) is 1. The Kier molecular flexibility index (Phi) is 5.68. The van der Waals surface area contributed by atoms with Crippen LogP contribution in [-0.4, -0.2) is 27.1 Å². The van der Waals surface area contributed by atoms with Crippen LogP contribution < -0.4 is 4.90 Å². The fraction of sp³-hybridized carbons (Fsp3) is 0.350. The van der Waals surface area contributed by atoms with E-state index in [9.17, 15) is 13.2 Å². The third-order valence-corrected chi connectivity index (χ3v) is 5.91. The molecule has 0 radical (unpaired) electrons. The Morgan fingerprint density at radius 3 is 2.04 bits per heavy atom. The van der Waals surface area contributed by atoms with E-state index in [0.717, 1.165) is 11.3 Å². The van der Waals surface area contributed by atoms with Gasteiger partial charge >= 0.3 is 0 Å². The van der Waals surface area contributed by atoms with Crippen molar-refractivity contribution in [3.63, 3.8) is 0 Å². The second-order valence-electron chi connectivity index (χ2n) is 7.13. The van der Waals surface area contributed by atoms with Gasteiger partial charge < -0.3 is 4.90 Å². The molecule has 5 heteroatoms. The molecule has 0 spiro atoms. The molecule has 0 aliphatic heterocycles. The van der Waals surface area contributed by atoms with Crippen LogP contribution in [0.5, 0.6) is 0 Å². The quantitative estimate of drug-likeness (QED) is 0.816. The SMILES string of the molecule is CN(C(=O)CCS(=O)(=O)c1ccc(C(C)(C)C)cc1)c1ccccc1. The summed E-state index contributed by atoms with van der Waals surface area (Å²) in [7, 11) is -1.83. The van der Waals surface area contributed by atoms with Gasteiger partial charge in [-0.3, -0.25) is 4.79 Å². The first-order chi connectivity index (χ1) is 11.6. The van der Waals surface area contributed by atoms with Crippen LogP contribution in [0.3, 0.4) is 0 Å². The van der Waals surface area contributed by atoms with Crippen molar-refractivity contribution in [3.8, 4) is 0 Å². The predicted molar refractivity (Wildman–Crippen MR) is 102 cm³/mol.